The number of rotatable bonds is 3. The van der Waals surface area contributed by atoms with E-state index in [1.54, 1.807) is 0 Å². The van der Waals surface area contributed by atoms with E-state index in [9.17, 15) is 8.78 Å². The average Bonchev–Trinajstić information content (AvgIpc) is 2.12. The molecule has 0 radical (unpaired) electrons. The topological polar surface area (TPSA) is 74.2 Å². The summed E-state index contributed by atoms with van der Waals surface area (Å²) in [4.78, 5) is 3.61. The molecule has 0 aliphatic carbocycles. The van der Waals surface area contributed by atoms with Crippen LogP contribution in [0.2, 0.25) is 0 Å². The number of halogens is 2. The monoisotopic (exact) mass is 189 g/mol. The van der Waals surface area contributed by atoms with E-state index in [1.807, 2.05) is 0 Å². The molecule has 0 aliphatic heterocycles. The molecular weight excluding hydrogens is 180 g/mol. The van der Waals surface area contributed by atoms with Crippen molar-refractivity contribution in [3.05, 3.63) is 17.7 Å². The Labute approximate surface area is 73.5 Å². The molecule has 0 aromatic carbocycles. The summed E-state index contributed by atoms with van der Waals surface area (Å²) in [6.45, 7) is -1.23. The predicted octanol–water partition coefficient (Wildman–Crippen LogP) is 0.567. The number of anilines is 1. The maximum atomic E-state index is 13.2. The molecule has 0 unspecified atom stereocenters. The molecular formula is C7H9F2N3O. The van der Waals surface area contributed by atoms with Crippen LogP contribution in [0, 0.1) is 5.82 Å². The first kappa shape index (κ1) is 9.66. The van der Waals surface area contributed by atoms with Gasteiger partial charge in [0.2, 0.25) is 6.86 Å². The van der Waals surface area contributed by atoms with E-state index in [4.69, 9.17) is 11.5 Å². The smallest absolute Gasteiger partial charge is 0.228 e. The molecule has 0 fully saturated rings. The quantitative estimate of drug-likeness (QED) is 0.728. The molecule has 0 amide bonds. The first-order valence-electron chi connectivity index (χ1n) is 3.52. The van der Waals surface area contributed by atoms with Crippen LogP contribution in [-0.4, -0.2) is 11.8 Å². The van der Waals surface area contributed by atoms with E-state index in [1.165, 1.54) is 6.20 Å². The van der Waals surface area contributed by atoms with Gasteiger partial charge in [0.1, 0.15) is 0 Å². The van der Waals surface area contributed by atoms with Crippen LogP contribution < -0.4 is 16.2 Å². The summed E-state index contributed by atoms with van der Waals surface area (Å²) in [7, 11) is 0. The van der Waals surface area contributed by atoms with Gasteiger partial charge in [-0.15, -0.1) is 0 Å². The van der Waals surface area contributed by atoms with Crippen molar-refractivity contribution in [1.82, 2.24) is 4.98 Å². The van der Waals surface area contributed by atoms with Gasteiger partial charge in [0.15, 0.2) is 11.6 Å². The lowest BCUT2D eigenvalue weighted by Crippen LogP contribution is -2.07. The highest BCUT2D eigenvalue weighted by Gasteiger charge is 2.13. The molecule has 0 bridgehead atoms. The van der Waals surface area contributed by atoms with Crippen molar-refractivity contribution in [2.75, 3.05) is 12.6 Å². The molecule has 1 rings (SSSR count). The van der Waals surface area contributed by atoms with E-state index in [0.29, 0.717) is 0 Å². The average molecular weight is 189 g/mol. The number of nitrogens with two attached hydrogens (primary N) is 2. The zero-order valence-corrected chi connectivity index (χ0v) is 6.76. The minimum Gasteiger partial charge on any atom is -0.458 e. The number of nitrogen functional groups attached to an aromatic ring is 1. The fraction of sp³-hybridized carbons (Fsp3) is 0.286. The van der Waals surface area contributed by atoms with Gasteiger partial charge in [-0.05, 0) is 0 Å². The summed E-state index contributed by atoms with van der Waals surface area (Å²) in [5, 5.41) is 0. The molecule has 0 spiro atoms. The Morgan fingerprint density at radius 3 is 2.77 bits per heavy atom. The fourth-order valence-electron chi connectivity index (χ4n) is 0.864. The van der Waals surface area contributed by atoms with E-state index in [0.717, 1.165) is 0 Å². The summed E-state index contributed by atoms with van der Waals surface area (Å²) in [5.41, 5.74) is 10.4. The van der Waals surface area contributed by atoms with Gasteiger partial charge in [-0.1, -0.05) is 0 Å². The summed E-state index contributed by atoms with van der Waals surface area (Å²) in [5.74, 6) is -1.14. The molecule has 1 heterocycles. The fourth-order valence-corrected chi connectivity index (χ4v) is 0.864. The van der Waals surface area contributed by atoms with Crippen LogP contribution in [0.4, 0.5) is 14.5 Å². The zero-order valence-electron chi connectivity index (χ0n) is 6.76. The Balaban J connectivity index is 3.13. The largest absolute Gasteiger partial charge is 0.458 e. The summed E-state index contributed by atoms with van der Waals surface area (Å²) >= 11 is 0. The van der Waals surface area contributed by atoms with Crippen molar-refractivity contribution in [2.24, 2.45) is 5.73 Å². The zero-order chi connectivity index (χ0) is 9.84. The normalized spacial score (nSPS) is 10.1. The number of pyridine rings is 1. The van der Waals surface area contributed by atoms with Crippen LogP contribution in [0.5, 0.6) is 5.75 Å². The Kier molecular flexibility index (Phi) is 2.97. The lowest BCUT2D eigenvalue weighted by Gasteiger charge is -2.08. The maximum absolute atomic E-state index is 13.2. The van der Waals surface area contributed by atoms with Crippen LogP contribution in [-0.2, 0) is 6.54 Å². The van der Waals surface area contributed by atoms with Crippen molar-refractivity contribution in [2.45, 2.75) is 6.54 Å². The van der Waals surface area contributed by atoms with Gasteiger partial charge in [0.25, 0.3) is 0 Å². The minimum absolute atomic E-state index is 0.00218. The van der Waals surface area contributed by atoms with Gasteiger partial charge in [0.05, 0.1) is 17.6 Å². The van der Waals surface area contributed by atoms with Crippen molar-refractivity contribution in [3.8, 4) is 5.75 Å². The molecule has 72 valence electrons. The van der Waals surface area contributed by atoms with Crippen molar-refractivity contribution in [1.29, 1.82) is 0 Å². The van der Waals surface area contributed by atoms with E-state index in [2.05, 4.69) is 9.72 Å². The number of ether oxygens (including phenoxy) is 1. The Morgan fingerprint density at radius 2 is 2.23 bits per heavy atom. The summed E-state index contributed by atoms with van der Waals surface area (Å²) in [6.07, 6.45) is 1.18. The number of aromatic nitrogens is 1. The number of alkyl halides is 1. The maximum Gasteiger partial charge on any atom is 0.228 e. The molecule has 0 atom stereocenters. The highest BCUT2D eigenvalue weighted by Crippen LogP contribution is 2.25. The first-order valence-corrected chi connectivity index (χ1v) is 3.52. The second-order valence-corrected chi connectivity index (χ2v) is 2.26. The Hall–Kier alpha value is -1.43. The van der Waals surface area contributed by atoms with Gasteiger partial charge in [-0.2, -0.15) is 0 Å². The number of hydrogen-bond donors (Lipinski definition) is 2. The predicted molar refractivity (Wildman–Crippen MR) is 43.1 cm³/mol. The lowest BCUT2D eigenvalue weighted by atomic mass is 10.3. The van der Waals surface area contributed by atoms with Crippen LogP contribution in [0.3, 0.4) is 0 Å². The van der Waals surface area contributed by atoms with Crippen molar-refractivity contribution in [3.63, 3.8) is 0 Å². The Morgan fingerprint density at radius 1 is 1.54 bits per heavy atom. The molecule has 0 saturated carbocycles. The van der Waals surface area contributed by atoms with E-state index >= 15 is 0 Å². The van der Waals surface area contributed by atoms with Crippen LogP contribution in [0.25, 0.3) is 0 Å². The van der Waals surface area contributed by atoms with E-state index in [-0.39, 0.29) is 23.7 Å². The van der Waals surface area contributed by atoms with E-state index < -0.39 is 12.7 Å². The molecule has 0 saturated heterocycles. The molecule has 4 N–H and O–H groups in total. The Bertz CT molecular complexity index is 306. The van der Waals surface area contributed by atoms with Crippen molar-refractivity contribution >= 4 is 5.69 Å². The van der Waals surface area contributed by atoms with Crippen LogP contribution in [0.1, 0.15) is 5.69 Å². The van der Waals surface area contributed by atoms with Crippen LogP contribution >= 0.6 is 0 Å². The lowest BCUT2D eigenvalue weighted by molar-refractivity contribution is 0.184. The van der Waals surface area contributed by atoms with Gasteiger partial charge < -0.3 is 16.2 Å². The minimum atomic E-state index is -1.14. The second-order valence-electron chi connectivity index (χ2n) is 2.26. The molecule has 4 nitrogen and oxygen atoms in total. The van der Waals surface area contributed by atoms with Gasteiger partial charge >= 0.3 is 0 Å². The standard InChI is InChI=1S/C7H9F2N3O/c8-3-13-7-4(11)2-12-5(1-10)6(7)9/h2H,1,3,10-11H2. The third-order valence-electron chi connectivity index (χ3n) is 1.47. The van der Waals surface area contributed by atoms with Crippen molar-refractivity contribution < 1.29 is 13.5 Å². The number of nitrogens with zero attached hydrogens (tertiary/aromatic N) is 1. The second kappa shape index (κ2) is 3.99. The molecule has 1 aromatic rings. The van der Waals surface area contributed by atoms with Crippen LogP contribution in [0.15, 0.2) is 6.20 Å². The highest BCUT2D eigenvalue weighted by atomic mass is 19.1. The molecule has 13 heavy (non-hydrogen) atoms. The third kappa shape index (κ3) is 1.83. The SMILES string of the molecule is NCc1ncc(N)c(OCF)c1F. The third-order valence-corrected chi connectivity index (χ3v) is 1.47. The summed E-state index contributed by atoms with van der Waals surface area (Å²) in [6, 6.07) is 0. The first-order chi connectivity index (χ1) is 6.20. The molecule has 1 aromatic heterocycles. The van der Waals surface area contributed by atoms with Gasteiger partial charge in [0, 0.05) is 6.54 Å². The summed E-state index contributed by atoms with van der Waals surface area (Å²) < 4.78 is 29.3. The van der Waals surface area contributed by atoms with Gasteiger partial charge in [-0.3, -0.25) is 4.98 Å². The highest BCUT2D eigenvalue weighted by molar-refractivity contribution is 5.52. The molecule has 6 heteroatoms. The molecule has 0 aliphatic rings. The number of hydrogen-bond acceptors (Lipinski definition) is 4. The van der Waals surface area contributed by atoms with Gasteiger partial charge in [-0.25, -0.2) is 8.78 Å².